The third kappa shape index (κ3) is 5.48. The smallest absolute Gasteiger partial charge is 0.393 e. The molecule has 0 aliphatic carbocycles. The lowest BCUT2D eigenvalue weighted by atomic mass is 9.98. The van der Waals surface area contributed by atoms with Crippen LogP contribution in [0.4, 0.5) is 13.2 Å². The molecule has 0 amide bonds. The van der Waals surface area contributed by atoms with Crippen molar-refractivity contribution in [1.82, 2.24) is 0 Å². The summed E-state index contributed by atoms with van der Waals surface area (Å²) in [7, 11) is 0. The number of benzene rings is 1. The summed E-state index contributed by atoms with van der Waals surface area (Å²) in [6.45, 7) is 1.37. The van der Waals surface area contributed by atoms with Crippen LogP contribution in [0.3, 0.4) is 0 Å². The van der Waals surface area contributed by atoms with Crippen molar-refractivity contribution in [2.24, 2.45) is 5.73 Å². The molecule has 102 valence electrons. The first-order chi connectivity index (χ1) is 8.20. The van der Waals surface area contributed by atoms with Gasteiger partial charge in [0, 0.05) is 12.8 Å². The predicted octanol–water partition coefficient (Wildman–Crippen LogP) is 2.19. The summed E-state index contributed by atoms with van der Waals surface area (Å²) < 4.78 is 40.9. The van der Waals surface area contributed by atoms with Gasteiger partial charge in [0.25, 0.3) is 0 Å². The number of ether oxygens (including phenoxy) is 1. The van der Waals surface area contributed by atoms with E-state index < -0.39 is 18.2 Å². The number of aliphatic hydroxyl groups is 1. The summed E-state index contributed by atoms with van der Waals surface area (Å²) in [4.78, 5) is 0. The Morgan fingerprint density at radius 3 is 2.28 bits per heavy atom. The molecule has 0 saturated heterocycles. The Balaban J connectivity index is 2.84. The molecule has 0 aliphatic rings. The highest BCUT2D eigenvalue weighted by Gasteiger charge is 2.41. The van der Waals surface area contributed by atoms with Gasteiger partial charge in [-0.3, -0.25) is 4.74 Å². The van der Waals surface area contributed by atoms with E-state index >= 15 is 0 Å². The lowest BCUT2D eigenvalue weighted by Crippen LogP contribution is -2.50. The minimum Gasteiger partial charge on any atom is -0.393 e. The molecule has 0 spiro atoms. The third-order valence-electron chi connectivity index (χ3n) is 2.31. The molecular weight excluding hydrogens is 247 g/mol. The van der Waals surface area contributed by atoms with Crippen molar-refractivity contribution in [3.63, 3.8) is 0 Å². The molecule has 2 unspecified atom stereocenters. The number of hydrogen-bond acceptors (Lipinski definition) is 3. The average molecular weight is 263 g/mol. The Hall–Kier alpha value is -1.11. The van der Waals surface area contributed by atoms with Crippen LogP contribution in [-0.2, 0) is 11.2 Å². The van der Waals surface area contributed by atoms with Crippen LogP contribution in [0.2, 0.25) is 0 Å². The fourth-order valence-corrected chi connectivity index (χ4v) is 1.82. The second-order valence-corrected chi connectivity index (χ2v) is 4.33. The number of rotatable bonds is 5. The van der Waals surface area contributed by atoms with Crippen molar-refractivity contribution in [2.45, 2.75) is 38.0 Å². The van der Waals surface area contributed by atoms with Crippen molar-refractivity contribution in [1.29, 1.82) is 0 Å². The predicted molar refractivity (Wildman–Crippen MR) is 60.5 cm³/mol. The third-order valence-corrected chi connectivity index (χ3v) is 2.31. The van der Waals surface area contributed by atoms with E-state index in [1.165, 1.54) is 6.92 Å². The molecule has 0 fully saturated rings. The molecule has 0 radical (unpaired) electrons. The highest BCUT2D eigenvalue weighted by atomic mass is 19.4. The summed E-state index contributed by atoms with van der Waals surface area (Å²) in [5, 5.41) is 9.24. The number of hydrogen-bond donors (Lipinski definition) is 2. The average Bonchev–Trinajstić information content (AvgIpc) is 2.13. The van der Waals surface area contributed by atoms with Gasteiger partial charge in [0.1, 0.15) is 5.72 Å². The zero-order valence-electron chi connectivity index (χ0n) is 9.95. The summed E-state index contributed by atoms with van der Waals surface area (Å²) in [5.41, 5.74) is 4.27. The first-order valence-corrected chi connectivity index (χ1v) is 5.48. The van der Waals surface area contributed by atoms with Gasteiger partial charge in [0.15, 0.2) is 0 Å². The second-order valence-electron chi connectivity index (χ2n) is 4.33. The fourth-order valence-electron chi connectivity index (χ4n) is 1.82. The quantitative estimate of drug-likeness (QED) is 0.801. The Morgan fingerprint density at radius 1 is 1.28 bits per heavy atom. The molecule has 0 aromatic heterocycles. The first-order valence-electron chi connectivity index (χ1n) is 5.48. The zero-order chi connectivity index (χ0) is 13.8. The normalized spacial score (nSPS) is 17.2. The number of aliphatic hydroxyl groups excluding tert-OH is 1. The SMILES string of the molecule is CC(O)CC(N)(Cc1ccccc1)OC(F)(F)F. The van der Waals surface area contributed by atoms with E-state index in [4.69, 9.17) is 5.73 Å². The molecule has 1 rings (SSSR count). The van der Waals surface area contributed by atoms with Crippen molar-refractivity contribution in [2.75, 3.05) is 0 Å². The van der Waals surface area contributed by atoms with E-state index in [0.29, 0.717) is 5.56 Å². The maximum atomic E-state index is 12.3. The van der Waals surface area contributed by atoms with Crippen LogP contribution in [0.1, 0.15) is 18.9 Å². The molecule has 2 atom stereocenters. The van der Waals surface area contributed by atoms with Gasteiger partial charge >= 0.3 is 6.36 Å². The highest BCUT2D eigenvalue weighted by molar-refractivity contribution is 5.16. The molecule has 0 aliphatic heterocycles. The molecular formula is C12H16F3NO2. The lowest BCUT2D eigenvalue weighted by molar-refractivity contribution is -0.369. The van der Waals surface area contributed by atoms with Gasteiger partial charge in [-0.15, -0.1) is 13.2 Å². The van der Waals surface area contributed by atoms with Gasteiger partial charge in [-0.2, -0.15) is 0 Å². The fraction of sp³-hybridized carbons (Fsp3) is 0.500. The van der Waals surface area contributed by atoms with E-state index in [9.17, 15) is 18.3 Å². The van der Waals surface area contributed by atoms with Crippen LogP contribution in [0.5, 0.6) is 0 Å². The number of nitrogens with two attached hydrogens (primary N) is 1. The molecule has 1 aromatic rings. The van der Waals surface area contributed by atoms with Crippen molar-refractivity contribution < 1.29 is 23.0 Å². The zero-order valence-corrected chi connectivity index (χ0v) is 9.95. The van der Waals surface area contributed by atoms with Gasteiger partial charge in [0.2, 0.25) is 0 Å². The lowest BCUT2D eigenvalue weighted by Gasteiger charge is -2.31. The Kier molecular flexibility index (Phi) is 4.72. The summed E-state index contributed by atoms with van der Waals surface area (Å²) in [5.74, 6) is 0. The maximum Gasteiger partial charge on any atom is 0.524 e. The van der Waals surface area contributed by atoms with Gasteiger partial charge in [-0.05, 0) is 12.5 Å². The van der Waals surface area contributed by atoms with Crippen molar-refractivity contribution in [3.8, 4) is 0 Å². The van der Waals surface area contributed by atoms with E-state index in [2.05, 4.69) is 4.74 Å². The number of alkyl halides is 3. The van der Waals surface area contributed by atoms with Gasteiger partial charge < -0.3 is 10.8 Å². The van der Waals surface area contributed by atoms with Crippen LogP contribution in [0.15, 0.2) is 30.3 Å². The minimum atomic E-state index is -4.83. The summed E-state index contributed by atoms with van der Waals surface area (Å²) in [6, 6.07) is 8.46. The Morgan fingerprint density at radius 2 is 1.83 bits per heavy atom. The van der Waals surface area contributed by atoms with E-state index in [0.717, 1.165) is 0 Å². The topological polar surface area (TPSA) is 55.5 Å². The van der Waals surface area contributed by atoms with E-state index in [1.54, 1.807) is 30.3 Å². The van der Waals surface area contributed by atoms with E-state index in [-0.39, 0.29) is 12.8 Å². The van der Waals surface area contributed by atoms with Crippen LogP contribution in [0, 0.1) is 0 Å². The highest BCUT2D eigenvalue weighted by Crippen LogP contribution is 2.28. The standard InChI is InChI=1S/C12H16F3NO2/c1-9(17)7-11(16,18-12(13,14)15)8-10-5-3-2-4-6-10/h2-6,9,17H,7-8,16H2,1H3. The largest absolute Gasteiger partial charge is 0.524 e. The van der Waals surface area contributed by atoms with Crippen LogP contribution >= 0.6 is 0 Å². The van der Waals surface area contributed by atoms with Crippen LogP contribution in [-0.4, -0.2) is 23.3 Å². The maximum absolute atomic E-state index is 12.3. The van der Waals surface area contributed by atoms with Crippen molar-refractivity contribution >= 4 is 0 Å². The molecule has 6 heteroatoms. The van der Waals surface area contributed by atoms with Crippen molar-refractivity contribution in [3.05, 3.63) is 35.9 Å². The van der Waals surface area contributed by atoms with Crippen LogP contribution < -0.4 is 5.73 Å². The molecule has 3 nitrogen and oxygen atoms in total. The summed E-state index contributed by atoms with van der Waals surface area (Å²) >= 11 is 0. The van der Waals surface area contributed by atoms with E-state index in [1.807, 2.05) is 0 Å². The first kappa shape index (κ1) is 14.9. The second kappa shape index (κ2) is 5.69. The Labute approximate surface area is 103 Å². The molecule has 0 saturated carbocycles. The monoisotopic (exact) mass is 263 g/mol. The molecule has 1 aromatic carbocycles. The minimum absolute atomic E-state index is 0.127. The molecule has 0 heterocycles. The number of halogens is 3. The molecule has 3 N–H and O–H groups in total. The van der Waals surface area contributed by atoms with Gasteiger partial charge in [0.05, 0.1) is 6.10 Å². The van der Waals surface area contributed by atoms with Gasteiger partial charge in [-0.25, -0.2) is 0 Å². The van der Waals surface area contributed by atoms with Crippen LogP contribution in [0.25, 0.3) is 0 Å². The summed E-state index contributed by atoms with van der Waals surface area (Å²) in [6.07, 6.45) is -6.25. The molecule has 0 bridgehead atoms. The Bertz CT molecular complexity index is 367. The van der Waals surface area contributed by atoms with Gasteiger partial charge in [-0.1, -0.05) is 30.3 Å². The molecule has 18 heavy (non-hydrogen) atoms.